The molecule has 1 atom stereocenters. The topological polar surface area (TPSA) is 46.6 Å². The van der Waals surface area contributed by atoms with Crippen LogP contribution in [-0.2, 0) is 16.0 Å². The molecule has 1 amide bonds. The third-order valence-electron chi connectivity index (χ3n) is 3.28. The van der Waals surface area contributed by atoms with E-state index in [4.69, 9.17) is 4.74 Å². The Morgan fingerprint density at radius 1 is 1.55 bits per heavy atom. The van der Waals surface area contributed by atoms with Crippen LogP contribution in [-0.4, -0.2) is 30.4 Å². The van der Waals surface area contributed by atoms with Crippen molar-refractivity contribution < 1.29 is 14.3 Å². The Bertz CT molecular complexity index is 515. The molecule has 0 spiro atoms. The van der Waals surface area contributed by atoms with Crippen LogP contribution in [0.2, 0.25) is 0 Å². The maximum atomic E-state index is 12.1. The van der Waals surface area contributed by atoms with Gasteiger partial charge >= 0.3 is 5.97 Å². The van der Waals surface area contributed by atoms with Crippen molar-refractivity contribution in [1.29, 1.82) is 0 Å². The molecule has 1 saturated heterocycles. The predicted molar refractivity (Wildman–Crippen MR) is 83.9 cm³/mol. The highest BCUT2D eigenvalue weighted by atomic mass is 79.9. The Labute approximate surface area is 131 Å². The van der Waals surface area contributed by atoms with Gasteiger partial charge < -0.3 is 9.64 Å². The molecule has 0 saturated carbocycles. The summed E-state index contributed by atoms with van der Waals surface area (Å²) in [6, 6.07) is 1.85. The molecule has 0 radical (unpaired) electrons. The van der Waals surface area contributed by atoms with Crippen LogP contribution >= 0.6 is 27.3 Å². The lowest BCUT2D eigenvalue weighted by atomic mass is 10.2. The van der Waals surface area contributed by atoms with Crippen LogP contribution in [0.4, 0.5) is 5.00 Å². The fourth-order valence-electron chi connectivity index (χ4n) is 2.24. The third-order valence-corrected chi connectivity index (χ3v) is 5.49. The van der Waals surface area contributed by atoms with Crippen molar-refractivity contribution in [2.24, 2.45) is 5.92 Å². The maximum Gasteiger partial charge on any atom is 0.341 e. The maximum absolute atomic E-state index is 12.1. The molecule has 2 rings (SSSR count). The Kier molecular flexibility index (Phi) is 5.21. The molecule has 0 aliphatic carbocycles. The van der Waals surface area contributed by atoms with E-state index in [1.165, 1.54) is 11.3 Å². The fourth-order valence-corrected chi connectivity index (χ4v) is 3.78. The van der Waals surface area contributed by atoms with Crippen LogP contribution in [0.25, 0.3) is 0 Å². The fraction of sp³-hybridized carbons (Fsp3) is 0.571. The lowest BCUT2D eigenvalue weighted by Crippen LogP contribution is -2.25. The van der Waals surface area contributed by atoms with Crippen molar-refractivity contribution in [3.05, 3.63) is 16.5 Å². The number of aryl methyl sites for hydroxylation is 1. The number of anilines is 1. The highest BCUT2D eigenvalue weighted by molar-refractivity contribution is 9.09. The Morgan fingerprint density at radius 3 is 2.85 bits per heavy atom. The molecule has 0 aromatic carbocycles. The van der Waals surface area contributed by atoms with Gasteiger partial charge in [-0.15, -0.1) is 11.3 Å². The highest BCUT2D eigenvalue weighted by Crippen LogP contribution is 2.36. The molecule has 1 aromatic rings. The highest BCUT2D eigenvalue weighted by Gasteiger charge is 2.33. The van der Waals surface area contributed by atoms with Crippen LogP contribution in [0.1, 0.15) is 35.5 Å². The smallest absolute Gasteiger partial charge is 0.341 e. The molecule has 1 aliphatic rings. The number of ether oxygens (including phenoxy) is 1. The summed E-state index contributed by atoms with van der Waals surface area (Å²) in [4.78, 5) is 27.0. The van der Waals surface area contributed by atoms with Crippen molar-refractivity contribution in [3.8, 4) is 0 Å². The number of hydrogen-bond acceptors (Lipinski definition) is 4. The number of halogens is 1. The van der Waals surface area contributed by atoms with E-state index in [1.54, 1.807) is 11.8 Å². The van der Waals surface area contributed by atoms with Gasteiger partial charge in [-0.25, -0.2) is 4.79 Å². The number of esters is 1. The Morgan fingerprint density at radius 2 is 2.30 bits per heavy atom. The van der Waals surface area contributed by atoms with Gasteiger partial charge in [0.2, 0.25) is 5.91 Å². The average Bonchev–Trinajstić information content (AvgIpc) is 3.01. The number of carbonyl (C=O) groups is 2. The zero-order chi connectivity index (χ0) is 14.7. The van der Waals surface area contributed by atoms with Gasteiger partial charge in [-0.1, -0.05) is 22.9 Å². The lowest BCUT2D eigenvalue weighted by molar-refractivity contribution is -0.117. The van der Waals surface area contributed by atoms with Crippen molar-refractivity contribution in [3.63, 3.8) is 0 Å². The quantitative estimate of drug-likeness (QED) is 0.598. The number of nitrogens with zero attached hydrogens (tertiary/aromatic N) is 1. The third kappa shape index (κ3) is 3.06. The van der Waals surface area contributed by atoms with E-state index in [-0.39, 0.29) is 11.9 Å². The second-order valence-corrected chi connectivity index (χ2v) is 6.50. The number of carbonyl (C=O) groups excluding carboxylic acids is 2. The monoisotopic (exact) mass is 359 g/mol. The zero-order valence-corrected chi connectivity index (χ0v) is 14.1. The van der Waals surface area contributed by atoms with Crippen LogP contribution in [0, 0.1) is 5.92 Å². The minimum Gasteiger partial charge on any atom is -0.462 e. The molecule has 0 bridgehead atoms. The van der Waals surface area contributed by atoms with E-state index in [0.29, 0.717) is 31.1 Å². The first-order valence-electron chi connectivity index (χ1n) is 6.76. The van der Waals surface area contributed by atoms with Crippen molar-refractivity contribution in [2.45, 2.75) is 26.7 Å². The van der Waals surface area contributed by atoms with Gasteiger partial charge in [0, 0.05) is 23.2 Å². The lowest BCUT2D eigenvalue weighted by Gasteiger charge is -2.16. The van der Waals surface area contributed by atoms with Gasteiger partial charge in [-0.2, -0.15) is 0 Å². The molecule has 1 aromatic heterocycles. The average molecular weight is 360 g/mol. The molecule has 110 valence electrons. The van der Waals surface area contributed by atoms with Gasteiger partial charge in [-0.05, 0) is 25.3 Å². The molecule has 4 nitrogen and oxygen atoms in total. The van der Waals surface area contributed by atoms with Gasteiger partial charge in [0.25, 0.3) is 0 Å². The molecule has 2 heterocycles. The van der Waals surface area contributed by atoms with E-state index in [0.717, 1.165) is 21.6 Å². The Balaban J connectivity index is 2.32. The van der Waals surface area contributed by atoms with E-state index >= 15 is 0 Å². The van der Waals surface area contributed by atoms with Crippen LogP contribution in [0.3, 0.4) is 0 Å². The number of alkyl halides is 1. The molecule has 1 aliphatic heterocycles. The van der Waals surface area contributed by atoms with E-state index < -0.39 is 0 Å². The minimum absolute atomic E-state index is 0.0875. The standard InChI is InChI=1S/C14H18BrNO3S/c1-3-10-6-11(14(18)19-4-2)13(20-10)16-8-9(7-15)5-12(16)17/h6,9H,3-5,7-8H2,1-2H3. The van der Waals surface area contributed by atoms with Gasteiger partial charge in [0.1, 0.15) is 5.00 Å². The first-order valence-corrected chi connectivity index (χ1v) is 8.70. The van der Waals surface area contributed by atoms with Crippen LogP contribution in [0.15, 0.2) is 6.07 Å². The summed E-state index contributed by atoms with van der Waals surface area (Å²) in [6.45, 7) is 4.83. The van der Waals surface area contributed by atoms with Crippen molar-refractivity contribution >= 4 is 44.1 Å². The minimum atomic E-state index is -0.339. The SMILES string of the molecule is CCOC(=O)c1cc(CC)sc1N1CC(CBr)CC1=O. The second-order valence-electron chi connectivity index (χ2n) is 4.73. The normalized spacial score (nSPS) is 18.6. The first kappa shape index (κ1) is 15.5. The summed E-state index contributed by atoms with van der Waals surface area (Å²) in [6.07, 6.45) is 1.38. The van der Waals surface area contributed by atoms with Gasteiger partial charge in [-0.3, -0.25) is 4.79 Å². The number of thiophene rings is 1. The summed E-state index contributed by atoms with van der Waals surface area (Å²) in [5.41, 5.74) is 0.525. The molecular formula is C14H18BrNO3S. The van der Waals surface area contributed by atoms with E-state index in [1.807, 2.05) is 13.0 Å². The number of hydrogen-bond donors (Lipinski definition) is 0. The number of rotatable bonds is 5. The van der Waals surface area contributed by atoms with Gasteiger partial charge in [0.05, 0.1) is 12.2 Å². The van der Waals surface area contributed by atoms with Crippen molar-refractivity contribution in [1.82, 2.24) is 0 Å². The molecule has 1 fully saturated rings. The summed E-state index contributed by atoms with van der Waals surface area (Å²) in [5, 5.41) is 1.55. The summed E-state index contributed by atoms with van der Waals surface area (Å²) in [7, 11) is 0. The zero-order valence-electron chi connectivity index (χ0n) is 11.6. The number of amides is 1. The summed E-state index contributed by atoms with van der Waals surface area (Å²) >= 11 is 4.94. The molecule has 6 heteroatoms. The van der Waals surface area contributed by atoms with Crippen molar-refractivity contribution in [2.75, 3.05) is 23.4 Å². The molecule has 1 unspecified atom stereocenters. The summed E-state index contributed by atoms with van der Waals surface area (Å²) < 4.78 is 5.09. The summed E-state index contributed by atoms with van der Waals surface area (Å²) in [5.74, 6) is 0.0581. The molecular weight excluding hydrogens is 342 g/mol. The van der Waals surface area contributed by atoms with E-state index in [9.17, 15) is 9.59 Å². The Hall–Kier alpha value is -0.880. The second kappa shape index (κ2) is 6.72. The van der Waals surface area contributed by atoms with Crippen LogP contribution < -0.4 is 4.90 Å². The van der Waals surface area contributed by atoms with Crippen LogP contribution in [0.5, 0.6) is 0 Å². The molecule has 0 N–H and O–H groups in total. The predicted octanol–water partition coefficient (Wildman–Crippen LogP) is 3.24. The first-order chi connectivity index (χ1) is 9.60. The largest absolute Gasteiger partial charge is 0.462 e. The van der Waals surface area contributed by atoms with Gasteiger partial charge in [0.15, 0.2) is 0 Å². The molecule has 20 heavy (non-hydrogen) atoms. The van der Waals surface area contributed by atoms with E-state index in [2.05, 4.69) is 15.9 Å².